The highest BCUT2D eigenvalue weighted by Crippen LogP contribution is 2.36. The van der Waals surface area contributed by atoms with Crippen LogP contribution in [0.25, 0.3) is 0 Å². The first-order valence-corrected chi connectivity index (χ1v) is 7.04. The molecule has 0 aromatic rings. The lowest BCUT2D eigenvalue weighted by Crippen LogP contribution is -2.43. The van der Waals surface area contributed by atoms with E-state index in [2.05, 4.69) is 5.32 Å². The highest BCUT2D eigenvalue weighted by molar-refractivity contribution is 5.87. The Balaban J connectivity index is 2.68. The van der Waals surface area contributed by atoms with Gasteiger partial charge in [-0.05, 0) is 31.6 Å². The molecule has 4 nitrogen and oxygen atoms in total. The van der Waals surface area contributed by atoms with Crippen molar-refractivity contribution in [1.29, 1.82) is 0 Å². The van der Waals surface area contributed by atoms with E-state index in [-0.39, 0.29) is 29.6 Å². The van der Waals surface area contributed by atoms with Crippen LogP contribution in [0.5, 0.6) is 0 Å². The molecule has 0 aromatic carbocycles. The summed E-state index contributed by atoms with van der Waals surface area (Å²) in [6.07, 6.45) is 4.30. The van der Waals surface area contributed by atoms with Crippen molar-refractivity contribution in [3.8, 4) is 0 Å². The Kier molecular flexibility index (Phi) is 5.63. The monoisotopic (exact) mass is 254 g/mol. The molecule has 0 bridgehead atoms. The minimum Gasteiger partial charge on any atom is -0.369 e. The average molecular weight is 254 g/mol. The maximum Gasteiger partial charge on any atom is 0.224 e. The Morgan fingerprint density at radius 1 is 1.33 bits per heavy atom. The minimum atomic E-state index is -0.333. The first-order valence-electron chi connectivity index (χ1n) is 7.04. The Labute approximate surface area is 110 Å². The Bertz CT molecular complexity index is 298. The van der Waals surface area contributed by atoms with Gasteiger partial charge in [-0.2, -0.15) is 0 Å². The van der Waals surface area contributed by atoms with Crippen molar-refractivity contribution >= 4 is 11.8 Å². The number of carbonyl (C=O) groups excluding carboxylic acids is 2. The Morgan fingerprint density at radius 3 is 2.33 bits per heavy atom. The zero-order valence-corrected chi connectivity index (χ0v) is 11.7. The van der Waals surface area contributed by atoms with Crippen LogP contribution in [0, 0.1) is 23.7 Å². The summed E-state index contributed by atoms with van der Waals surface area (Å²) in [7, 11) is 0. The molecule has 0 heterocycles. The number of primary amides is 1. The zero-order valence-electron chi connectivity index (χ0n) is 11.7. The van der Waals surface area contributed by atoms with Gasteiger partial charge in [0.1, 0.15) is 0 Å². The molecule has 1 rings (SSSR count). The second-order valence-corrected chi connectivity index (χ2v) is 5.69. The first kappa shape index (κ1) is 15.0. The molecule has 0 radical (unpaired) electrons. The number of nitrogens with one attached hydrogen (secondary N) is 1. The number of hydrogen-bond donors (Lipinski definition) is 2. The van der Waals surface area contributed by atoms with Crippen LogP contribution in [0.3, 0.4) is 0 Å². The Hall–Kier alpha value is -1.06. The van der Waals surface area contributed by atoms with Crippen LogP contribution in [0.4, 0.5) is 0 Å². The van der Waals surface area contributed by atoms with Crippen LogP contribution in [-0.4, -0.2) is 18.4 Å². The molecular formula is C14H26N2O2. The predicted molar refractivity (Wildman–Crippen MR) is 71.7 cm³/mol. The minimum absolute atomic E-state index is 0.0351. The average Bonchev–Trinajstić information content (AvgIpc) is 3.06. The van der Waals surface area contributed by atoms with E-state index >= 15 is 0 Å². The van der Waals surface area contributed by atoms with Crippen LogP contribution in [0.15, 0.2) is 0 Å². The van der Waals surface area contributed by atoms with Gasteiger partial charge in [0.15, 0.2) is 0 Å². The SMILES string of the molecule is CCNC(=O)C(C(C)C)[C@H](CCC1CC1)C(N)=O. The van der Waals surface area contributed by atoms with Crippen LogP contribution in [-0.2, 0) is 9.59 Å². The highest BCUT2D eigenvalue weighted by atomic mass is 16.2. The molecule has 4 heteroatoms. The molecular weight excluding hydrogens is 228 g/mol. The molecule has 2 amide bonds. The fraction of sp³-hybridized carbons (Fsp3) is 0.857. The van der Waals surface area contributed by atoms with E-state index in [1.54, 1.807) is 0 Å². The fourth-order valence-corrected chi connectivity index (χ4v) is 2.56. The molecule has 0 saturated heterocycles. The maximum absolute atomic E-state index is 12.1. The maximum atomic E-state index is 12.1. The summed E-state index contributed by atoms with van der Waals surface area (Å²) in [6.45, 7) is 6.44. The van der Waals surface area contributed by atoms with Crippen molar-refractivity contribution in [1.82, 2.24) is 5.32 Å². The molecule has 1 saturated carbocycles. The summed E-state index contributed by atoms with van der Waals surface area (Å²) in [5, 5.41) is 2.82. The number of carbonyl (C=O) groups is 2. The third-order valence-electron chi connectivity index (χ3n) is 3.75. The van der Waals surface area contributed by atoms with Gasteiger partial charge in [0.05, 0.1) is 5.92 Å². The second-order valence-electron chi connectivity index (χ2n) is 5.69. The van der Waals surface area contributed by atoms with Crippen molar-refractivity contribution < 1.29 is 9.59 Å². The summed E-state index contributed by atoms with van der Waals surface area (Å²) >= 11 is 0. The van der Waals surface area contributed by atoms with Crippen molar-refractivity contribution in [2.75, 3.05) is 6.54 Å². The van der Waals surface area contributed by atoms with Gasteiger partial charge in [0, 0.05) is 12.5 Å². The van der Waals surface area contributed by atoms with E-state index in [0.29, 0.717) is 6.54 Å². The van der Waals surface area contributed by atoms with Crippen molar-refractivity contribution in [2.45, 2.75) is 46.5 Å². The molecule has 18 heavy (non-hydrogen) atoms. The smallest absolute Gasteiger partial charge is 0.224 e. The van der Waals surface area contributed by atoms with E-state index in [1.165, 1.54) is 12.8 Å². The lowest BCUT2D eigenvalue weighted by Gasteiger charge is -2.27. The fourth-order valence-electron chi connectivity index (χ4n) is 2.56. The lowest BCUT2D eigenvalue weighted by molar-refractivity contribution is -0.135. The summed E-state index contributed by atoms with van der Waals surface area (Å²) in [6, 6.07) is 0. The van der Waals surface area contributed by atoms with E-state index in [1.807, 2.05) is 20.8 Å². The molecule has 1 aliphatic rings. The van der Waals surface area contributed by atoms with Crippen molar-refractivity contribution in [2.24, 2.45) is 29.4 Å². The number of hydrogen-bond acceptors (Lipinski definition) is 2. The zero-order chi connectivity index (χ0) is 13.7. The van der Waals surface area contributed by atoms with Gasteiger partial charge < -0.3 is 11.1 Å². The molecule has 0 spiro atoms. The summed E-state index contributed by atoms with van der Waals surface area (Å²) in [5.74, 6) is -0.0896. The van der Waals surface area contributed by atoms with Crippen LogP contribution in [0.2, 0.25) is 0 Å². The molecule has 1 unspecified atom stereocenters. The van der Waals surface area contributed by atoms with E-state index in [4.69, 9.17) is 5.73 Å². The van der Waals surface area contributed by atoms with E-state index < -0.39 is 0 Å². The molecule has 2 atom stereocenters. The molecule has 104 valence electrons. The topological polar surface area (TPSA) is 72.2 Å². The standard InChI is InChI=1S/C14H26N2O2/c1-4-16-14(18)12(9(2)3)11(13(15)17)8-7-10-5-6-10/h9-12H,4-8H2,1-3H3,(H2,15,17)(H,16,18)/t11-,12?/m0/s1. The van der Waals surface area contributed by atoms with Crippen molar-refractivity contribution in [3.05, 3.63) is 0 Å². The molecule has 0 aromatic heterocycles. The molecule has 1 aliphatic carbocycles. The largest absolute Gasteiger partial charge is 0.369 e. The van der Waals surface area contributed by atoms with Gasteiger partial charge in [0.2, 0.25) is 11.8 Å². The molecule has 1 fully saturated rings. The quantitative estimate of drug-likeness (QED) is 0.692. The van der Waals surface area contributed by atoms with Crippen LogP contribution < -0.4 is 11.1 Å². The third-order valence-corrected chi connectivity index (χ3v) is 3.75. The van der Waals surface area contributed by atoms with Crippen molar-refractivity contribution in [3.63, 3.8) is 0 Å². The number of nitrogens with two attached hydrogens (primary N) is 1. The summed E-state index contributed by atoms with van der Waals surface area (Å²) < 4.78 is 0. The van der Waals surface area contributed by atoms with Gasteiger partial charge in [-0.15, -0.1) is 0 Å². The van der Waals surface area contributed by atoms with Gasteiger partial charge in [-0.3, -0.25) is 9.59 Å². The van der Waals surface area contributed by atoms with Gasteiger partial charge in [-0.25, -0.2) is 0 Å². The van der Waals surface area contributed by atoms with Gasteiger partial charge >= 0.3 is 0 Å². The first-order chi connectivity index (χ1) is 8.47. The third kappa shape index (κ3) is 4.31. The van der Waals surface area contributed by atoms with E-state index in [0.717, 1.165) is 18.8 Å². The normalized spacial score (nSPS) is 18.4. The Morgan fingerprint density at radius 2 is 1.94 bits per heavy atom. The van der Waals surface area contributed by atoms with Gasteiger partial charge in [0.25, 0.3) is 0 Å². The van der Waals surface area contributed by atoms with E-state index in [9.17, 15) is 9.59 Å². The summed E-state index contributed by atoms with van der Waals surface area (Å²) in [5.41, 5.74) is 5.50. The van der Waals surface area contributed by atoms with Gasteiger partial charge in [-0.1, -0.05) is 26.7 Å². The number of rotatable bonds is 8. The second kappa shape index (κ2) is 6.76. The van der Waals surface area contributed by atoms with Crippen LogP contribution >= 0.6 is 0 Å². The van der Waals surface area contributed by atoms with Crippen LogP contribution in [0.1, 0.15) is 46.5 Å². The number of amides is 2. The lowest BCUT2D eigenvalue weighted by atomic mass is 9.79. The highest BCUT2D eigenvalue weighted by Gasteiger charge is 2.35. The molecule has 0 aliphatic heterocycles. The summed E-state index contributed by atoms with van der Waals surface area (Å²) in [4.78, 5) is 23.7. The molecule has 3 N–H and O–H groups in total. The predicted octanol–water partition coefficient (Wildman–Crippen LogP) is 1.69.